The molecule has 2 aromatic heterocycles. The number of para-hydroxylation sites is 1. The number of aromatic nitrogens is 3. The van der Waals surface area contributed by atoms with E-state index in [2.05, 4.69) is 40.1 Å². The van der Waals surface area contributed by atoms with Gasteiger partial charge in [0.15, 0.2) is 0 Å². The van der Waals surface area contributed by atoms with E-state index >= 15 is 0 Å². The van der Waals surface area contributed by atoms with Crippen molar-refractivity contribution >= 4 is 11.3 Å². The Morgan fingerprint density at radius 2 is 2.05 bits per heavy atom. The highest BCUT2D eigenvalue weighted by Crippen LogP contribution is 2.26. The fourth-order valence-electron chi connectivity index (χ4n) is 2.30. The zero-order chi connectivity index (χ0) is 14.5. The van der Waals surface area contributed by atoms with E-state index in [-0.39, 0.29) is 6.04 Å². The number of nitrogens with zero attached hydrogens (tertiary/aromatic N) is 3. The summed E-state index contributed by atoms with van der Waals surface area (Å²) in [6, 6.07) is 14.5. The molecule has 0 saturated carbocycles. The van der Waals surface area contributed by atoms with Crippen LogP contribution in [0.2, 0.25) is 0 Å². The molecule has 1 aromatic carbocycles. The molecule has 0 aliphatic heterocycles. The smallest absolute Gasteiger partial charge is 0.0868 e. The third kappa shape index (κ3) is 3.04. The van der Waals surface area contributed by atoms with Gasteiger partial charge >= 0.3 is 0 Å². The Labute approximate surface area is 128 Å². The predicted octanol–water partition coefficient (Wildman–Crippen LogP) is 3.42. The molecule has 0 aliphatic rings. The van der Waals surface area contributed by atoms with Crippen molar-refractivity contribution in [3.8, 4) is 5.69 Å². The van der Waals surface area contributed by atoms with Crippen LogP contribution in [0.25, 0.3) is 5.69 Å². The molecule has 0 amide bonds. The van der Waals surface area contributed by atoms with Crippen molar-refractivity contribution in [1.29, 1.82) is 0 Å². The number of rotatable bonds is 6. The molecule has 5 heteroatoms. The summed E-state index contributed by atoms with van der Waals surface area (Å²) < 4.78 is 1.91. The van der Waals surface area contributed by atoms with Crippen LogP contribution >= 0.6 is 11.3 Å². The van der Waals surface area contributed by atoms with Gasteiger partial charge in [0.25, 0.3) is 0 Å². The van der Waals surface area contributed by atoms with E-state index in [9.17, 15) is 0 Å². The van der Waals surface area contributed by atoms with Crippen molar-refractivity contribution in [1.82, 2.24) is 20.3 Å². The third-order valence-electron chi connectivity index (χ3n) is 3.30. The quantitative estimate of drug-likeness (QED) is 0.758. The fourth-order valence-corrected chi connectivity index (χ4v) is 3.12. The predicted molar refractivity (Wildman–Crippen MR) is 85.8 cm³/mol. The topological polar surface area (TPSA) is 42.7 Å². The Morgan fingerprint density at radius 1 is 1.19 bits per heavy atom. The summed E-state index contributed by atoms with van der Waals surface area (Å²) in [5.74, 6) is 0. The summed E-state index contributed by atoms with van der Waals surface area (Å²) in [5, 5.41) is 14.1. The van der Waals surface area contributed by atoms with Gasteiger partial charge in [-0.1, -0.05) is 36.4 Å². The van der Waals surface area contributed by atoms with E-state index in [1.165, 1.54) is 4.88 Å². The largest absolute Gasteiger partial charge is 0.304 e. The van der Waals surface area contributed by atoms with Crippen molar-refractivity contribution in [2.45, 2.75) is 19.4 Å². The van der Waals surface area contributed by atoms with E-state index in [0.29, 0.717) is 0 Å². The van der Waals surface area contributed by atoms with Crippen LogP contribution in [0.1, 0.15) is 30.0 Å². The SMILES string of the molecule is CCCNC(c1cccs1)c1cnnn1-c1ccccc1. The first-order valence-electron chi connectivity index (χ1n) is 7.13. The second-order valence-electron chi connectivity index (χ2n) is 4.81. The molecule has 1 N–H and O–H groups in total. The first kappa shape index (κ1) is 14.0. The van der Waals surface area contributed by atoms with E-state index < -0.39 is 0 Å². The molecular formula is C16H18N4S. The summed E-state index contributed by atoms with van der Waals surface area (Å²) >= 11 is 1.75. The van der Waals surface area contributed by atoms with E-state index in [4.69, 9.17) is 0 Å². The lowest BCUT2D eigenvalue weighted by atomic mass is 10.1. The number of benzene rings is 1. The van der Waals surface area contributed by atoms with Gasteiger partial charge in [-0.3, -0.25) is 0 Å². The number of hydrogen-bond donors (Lipinski definition) is 1. The van der Waals surface area contributed by atoms with Crippen LogP contribution in [-0.2, 0) is 0 Å². The molecule has 1 unspecified atom stereocenters. The summed E-state index contributed by atoms with van der Waals surface area (Å²) in [6.45, 7) is 3.13. The molecule has 1 atom stereocenters. The molecule has 21 heavy (non-hydrogen) atoms. The second-order valence-corrected chi connectivity index (χ2v) is 5.79. The van der Waals surface area contributed by atoms with E-state index in [1.54, 1.807) is 11.3 Å². The molecule has 0 bridgehead atoms. The minimum Gasteiger partial charge on any atom is -0.304 e. The highest BCUT2D eigenvalue weighted by Gasteiger charge is 2.20. The molecule has 3 rings (SSSR count). The van der Waals surface area contributed by atoms with Crippen molar-refractivity contribution in [3.05, 3.63) is 64.6 Å². The lowest BCUT2D eigenvalue weighted by Gasteiger charge is -2.18. The third-order valence-corrected chi connectivity index (χ3v) is 4.24. The van der Waals surface area contributed by atoms with E-state index in [0.717, 1.165) is 24.3 Å². The van der Waals surface area contributed by atoms with Crippen molar-refractivity contribution in [2.24, 2.45) is 0 Å². The summed E-state index contributed by atoms with van der Waals surface area (Å²) in [4.78, 5) is 1.28. The normalized spacial score (nSPS) is 12.4. The summed E-state index contributed by atoms with van der Waals surface area (Å²) in [6.07, 6.45) is 2.94. The van der Waals surface area contributed by atoms with Crippen LogP contribution in [0, 0.1) is 0 Å². The van der Waals surface area contributed by atoms with Crippen LogP contribution < -0.4 is 5.32 Å². The van der Waals surface area contributed by atoms with Gasteiger partial charge in [0.05, 0.1) is 23.6 Å². The molecule has 2 heterocycles. The zero-order valence-corrected chi connectivity index (χ0v) is 12.8. The first-order chi connectivity index (χ1) is 10.4. The maximum absolute atomic E-state index is 4.26. The number of thiophene rings is 1. The van der Waals surface area contributed by atoms with Crippen LogP contribution in [0.3, 0.4) is 0 Å². The standard InChI is InChI=1S/C16H18N4S/c1-2-10-17-16(15-9-6-11-21-15)14-12-18-19-20(14)13-7-4-3-5-8-13/h3-9,11-12,16-17H,2,10H2,1H3. The minimum atomic E-state index is 0.125. The maximum atomic E-state index is 4.26. The second kappa shape index (κ2) is 6.65. The van der Waals surface area contributed by atoms with Crippen molar-refractivity contribution in [2.75, 3.05) is 6.54 Å². The molecule has 0 aliphatic carbocycles. The van der Waals surface area contributed by atoms with Gasteiger partial charge in [-0.15, -0.1) is 16.4 Å². The Kier molecular flexibility index (Phi) is 4.43. The van der Waals surface area contributed by atoms with Gasteiger partial charge in [0.2, 0.25) is 0 Å². The Bertz CT molecular complexity index is 661. The monoisotopic (exact) mass is 298 g/mol. The van der Waals surface area contributed by atoms with Gasteiger partial charge in [0, 0.05) is 4.88 Å². The molecule has 0 spiro atoms. The number of hydrogen-bond acceptors (Lipinski definition) is 4. The van der Waals surface area contributed by atoms with Crippen molar-refractivity contribution < 1.29 is 0 Å². The van der Waals surface area contributed by atoms with Gasteiger partial charge in [-0.2, -0.15) is 0 Å². The maximum Gasteiger partial charge on any atom is 0.0868 e. The highest BCUT2D eigenvalue weighted by molar-refractivity contribution is 7.10. The van der Waals surface area contributed by atoms with Crippen LogP contribution in [0.4, 0.5) is 0 Å². The molecule has 0 radical (unpaired) electrons. The van der Waals surface area contributed by atoms with Crippen LogP contribution in [-0.4, -0.2) is 21.5 Å². The lowest BCUT2D eigenvalue weighted by molar-refractivity contribution is 0.575. The van der Waals surface area contributed by atoms with E-state index in [1.807, 2.05) is 41.2 Å². The van der Waals surface area contributed by atoms with Gasteiger partial charge in [0.1, 0.15) is 0 Å². The molecule has 3 aromatic rings. The van der Waals surface area contributed by atoms with Crippen LogP contribution in [0.5, 0.6) is 0 Å². The van der Waals surface area contributed by atoms with Gasteiger partial charge in [-0.05, 0) is 36.5 Å². The fraction of sp³-hybridized carbons (Fsp3) is 0.250. The first-order valence-corrected chi connectivity index (χ1v) is 8.01. The molecule has 4 nitrogen and oxygen atoms in total. The van der Waals surface area contributed by atoms with Gasteiger partial charge in [-0.25, -0.2) is 4.68 Å². The molecule has 0 saturated heterocycles. The number of nitrogens with one attached hydrogen (secondary N) is 1. The average Bonchev–Trinajstić information content (AvgIpc) is 3.20. The average molecular weight is 298 g/mol. The Hall–Kier alpha value is -1.98. The molecule has 0 fully saturated rings. The summed E-state index contributed by atoms with van der Waals surface area (Å²) in [7, 11) is 0. The zero-order valence-electron chi connectivity index (χ0n) is 11.9. The van der Waals surface area contributed by atoms with Crippen LogP contribution in [0.15, 0.2) is 54.0 Å². The molecular weight excluding hydrogens is 280 g/mol. The van der Waals surface area contributed by atoms with Crippen molar-refractivity contribution in [3.63, 3.8) is 0 Å². The Morgan fingerprint density at radius 3 is 2.76 bits per heavy atom. The lowest BCUT2D eigenvalue weighted by Crippen LogP contribution is -2.24. The molecule has 108 valence electrons. The Balaban J connectivity index is 1.99. The summed E-state index contributed by atoms with van der Waals surface area (Å²) in [5.41, 5.74) is 2.10. The minimum absolute atomic E-state index is 0.125. The van der Waals surface area contributed by atoms with Gasteiger partial charge < -0.3 is 5.32 Å². The highest BCUT2D eigenvalue weighted by atomic mass is 32.1.